The Morgan fingerprint density at radius 1 is 1.28 bits per heavy atom. The molecule has 3 aliphatic rings. The van der Waals surface area contributed by atoms with Crippen molar-refractivity contribution in [2.45, 2.75) is 52.1 Å². The molecule has 0 bridgehead atoms. The predicted molar refractivity (Wildman–Crippen MR) is 156 cm³/mol. The van der Waals surface area contributed by atoms with E-state index >= 15 is 8.78 Å². The summed E-state index contributed by atoms with van der Waals surface area (Å²) in [6.45, 7) is 6.99. The maximum atomic E-state index is 15.4. The van der Waals surface area contributed by atoms with Crippen molar-refractivity contribution in [3.8, 4) is 0 Å². The molecule has 4 heterocycles. The van der Waals surface area contributed by atoms with Gasteiger partial charge in [-0.15, -0.1) is 11.3 Å². The number of nitrogens with zero attached hydrogens (tertiary/aromatic N) is 4. The first kappa shape index (κ1) is 31.1. The molecule has 1 aromatic carbocycles. The molecule has 3 atom stereocenters. The maximum Gasteiger partial charge on any atom is 0.338 e. The van der Waals surface area contributed by atoms with Crippen LogP contribution in [-0.4, -0.2) is 89.0 Å². The van der Waals surface area contributed by atoms with Crippen molar-refractivity contribution in [2.24, 2.45) is 16.3 Å². The zero-order chi connectivity index (χ0) is 31.1. The molecule has 13 heteroatoms. The Bertz CT molecular complexity index is 1450. The summed E-state index contributed by atoms with van der Waals surface area (Å²) in [6.07, 6.45) is 1.94. The fraction of sp³-hybridized carbons (Fsp3) is 0.533. The summed E-state index contributed by atoms with van der Waals surface area (Å²) in [5, 5.41) is 15.0. The molecule has 0 unspecified atom stereocenters. The summed E-state index contributed by atoms with van der Waals surface area (Å²) < 4.78 is 51.0. The number of rotatable bonds is 10. The van der Waals surface area contributed by atoms with E-state index in [4.69, 9.17) is 9.73 Å². The highest BCUT2D eigenvalue weighted by Crippen LogP contribution is 2.44. The molecule has 0 amide bonds. The molecular weight excluding hydrogens is 583 g/mol. The fourth-order valence-electron chi connectivity index (χ4n) is 6.02. The van der Waals surface area contributed by atoms with Crippen LogP contribution in [0.5, 0.6) is 0 Å². The number of fused-ring (bicyclic) bond motifs is 1. The van der Waals surface area contributed by atoms with E-state index in [1.807, 2.05) is 4.90 Å². The van der Waals surface area contributed by atoms with E-state index in [0.717, 1.165) is 0 Å². The van der Waals surface area contributed by atoms with Gasteiger partial charge in [-0.05, 0) is 57.9 Å². The second kappa shape index (κ2) is 12.0. The van der Waals surface area contributed by atoms with E-state index in [2.05, 4.69) is 10.3 Å². The van der Waals surface area contributed by atoms with Crippen LogP contribution in [0.3, 0.4) is 0 Å². The summed E-state index contributed by atoms with van der Waals surface area (Å²) in [6, 6.07) is 3.11. The van der Waals surface area contributed by atoms with E-state index in [1.165, 1.54) is 17.4 Å². The molecule has 0 saturated carbocycles. The summed E-state index contributed by atoms with van der Waals surface area (Å²) in [7, 11) is 0. The van der Waals surface area contributed by atoms with E-state index < -0.39 is 53.6 Å². The van der Waals surface area contributed by atoms with Crippen LogP contribution < -0.4 is 5.32 Å². The Morgan fingerprint density at radius 3 is 2.72 bits per heavy atom. The predicted octanol–water partition coefficient (Wildman–Crippen LogP) is 4.25. The molecule has 1 aromatic heterocycles. The van der Waals surface area contributed by atoms with Gasteiger partial charge in [0, 0.05) is 43.0 Å². The van der Waals surface area contributed by atoms with Crippen LogP contribution >= 0.6 is 11.3 Å². The standard InChI is InChI=1S/C30H36F3N5O4S/c1-5-42-27(39)23-21(35-25(26-34-10-12-43-26)36-24(23)18-7-6-8-20(31)17(18)2)14-38-16-30(32,33)19-13-37(15-22(19)38)11-9-29(3,4)28(40)41/h6-8,10,12,19,22,24H,5,9,11,13-16H2,1-4H3,(H,35,36)(H,40,41)/t19-,22+,24+/m1/s1. The van der Waals surface area contributed by atoms with E-state index in [-0.39, 0.29) is 25.3 Å². The topological polar surface area (TPSA) is 107 Å². The first-order chi connectivity index (χ1) is 20.3. The van der Waals surface area contributed by atoms with Gasteiger partial charge in [0.25, 0.3) is 5.92 Å². The van der Waals surface area contributed by atoms with E-state index in [0.29, 0.717) is 47.2 Å². The van der Waals surface area contributed by atoms with Crippen LogP contribution in [0.4, 0.5) is 13.2 Å². The Morgan fingerprint density at radius 2 is 2.05 bits per heavy atom. The highest BCUT2D eigenvalue weighted by Gasteiger charge is 2.58. The molecule has 2 N–H and O–H groups in total. The number of benzene rings is 1. The number of aromatic nitrogens is 1. The molecular formula is C30H36F3N5O4S. The number of carboxylic acid groups (broad SMARTS) is 1. The number of hydrogen-bond acceptors (Lipinski definition) is 9. The van der Waals surface area contributed by atoms with Crippen molar-refractivity contribution in [2.75, 3.05) is 39.3 Å². The highest BCUT2D eigenvalue weighted by molar-refractivity contribution is 7.11. The van der Waals surface area contributed by atoms with Crippen molar-refractivity contribution in [1.82, 2.24) is 20.1 Å². The minimum atomic E-state index is -2.98. The zero-order valence-electron chi connectivity index (χ0n) is 24.6. The van der Waals surface area contributed by atoms with Crippen molar-refractivity contribution in [1.29, 1.82) is 0 Å². The molecule has 5 rings (SSSR count). The van der Waals surface area contributed by atoms with Gasteiger partial charge in [-0.25, -0.2) is 22.9 Å². The first-order valence-corrected chi connectivity index (χ1v) is 15.2. The second-order valence-electron chi connectivity index (χ2n) is 11.9. The number of alkyl halides is 2. The van der Waals surface area contributed by atoms with Gasteiger partial charge in [0.1, 0.15) is 11.9 Å². The van der Waals surface area contributed by atoms with Crippen LogP contribution in [0.25, 0.3) is 0 Å². The van der Waals surface area contributed by atoms with Crippen molar-refractivity contribution >= 4 is 29.1 Å². The van der Waals surface area contributed by atoms with Gasteiger partial charge in [0.2, 0.25) is 0 Å². The number of esters is 1. The lowest BCUT2D eigenvalue weighted by atomic mass is 9.89. The molecule has 43 heavy (non-hydrogen) atoms. The SMILES string of the molecule is CCOC(=O)C1=C(CN2CC(F)(F)[C@@H]3CN(CCC(C)(C)C(=O)O)C[C@@H]32)NC(c2nccs2)=N[C@H]1c1cccc(F)c1C. The average molecular weight is 620 g/mol. The van der Waals surface area contributed by atoms with Crippen LogP contribution in [0.2, 0.25) is 0 Å². The summed E-state index contributed by atoms with van der Waals surface area (Å²) in [4.78, 5) is 37.8. The number of aliphatic imine (C=N–C) groups is 1. The van der Waals surface area contributed by atoms with E-state index in [1.54, 1.807) is 56.3 Å². The summed E-state index contributed by atoms with van der Waals surface area (Å²) in [5.41, 5.74) is 0.311. The van der Waals surface area contributed by atoms with Gasteiger partial charge in [-0.3, -0.25) is 14.7 Å². The number of ether oxygens (including phenoxy) is 1. The number of nitrogens with one attached hydrogen (secondary N) is 1. The fourth-order valence-corrected chi connectivity index (χ4v) is 6.61. The largest absolute Gasteiger partial charge is 0.481 e. The quantitative estimate of drug-likeness (QED) is 0.381. The monoisotopic (exact) mass is 619 g/mol. The lowest BCUT2D eigenvalue weighted by molar-refractivity contribution is -0.147. The third-order valence-corrected chi connectivity index (χ3v) is 9.42. The maximum absolute atomic E-state index is 15.4. The Hall–Kier alpha value is -3.29. The Balaban J connectivity index is 1.50. The minimum absolute atomic E-state index is 0.0192. The number of thiazole rings is 1. The minimum Gasteiger partial charge on any atom is -0.481 e. The van der Waals surface area contributed by atoms with Gasteiger partial charge in [-0.1, -0.05) is 12.1 Å². The number of carbonyl (C=O) groups is 2. The molecule has 0 spiro atoms. The number of carbonyl (C=O) groups excluding carboxylic acids is 1. The molecule has 232 valence electrons. The number of amidine groups is 1. The smallest absolute Gasteiger partial charge is 0.338 e. The Kier molecular flexibility index (Phi) is 8.70. The van der Waals surface area contributed by atoms with Gasteiger partial charge in [0.05, 0.1) is 30.1 Å². The van der Waals surface area contributed by atoms with Crippen LogP contribution in [0.1, 0.15) is 49.4 Å². The van der Waals surface area contributed by atoms with Crippen LogP contribution in [0, 0.1) is 24.1 Å². The number of halogens is 3. The van der Waals surface area contributed by atoms with Gasteiger partial charge in [0.15, 0.2) is 10.8 Å². The number of hydrogen-bond donors (Lipinski definition) is 2. The number of carboxylic acids is 1. The van der Waals surface area contributed by atoms with Gasteiger partial charge < -0.3 is 20.1 Å². The lowest BCUT2D eigenvalue weighted by Gasteiger charge is -2.32. The van der Waals surface area contributed by atoms with Crippen molar-refractivity contribution in [3.05, 3.63) is 63.0 Å². The third-order valence-electron chi connectivity index (χ3n) is 8.64. The van der Waals surface area contributed by atoms with E-state index in [9.17, 15) is 19.1 Å². The van der Waals surface area contributed by atoms with Crippen LogP contribution in [-0.2, 0) is 14.3 Å². The van der Waals surface area contributed by atoms with Crippen molar-refractivity contribution < 1.29 is 32.6 Å². The van der Waals surface area contributed by atoms with Gasteiger partial charge in [-0.2, -0.15) is 0 Å². The third kappa shape index (κ3) is 6.20. The molecule has 2 fully saturated rings. The van der Waals surface area contributed by atoms with Gasteiger partial charge >= 0.3 is 11.9 Å². The zero-order valence-corrected chi connectivity index (χ0v) is 25.4. The second-order valence-corrected chi connectivity index (χ2v) is 12.8. The highest BCUT2D eigenvalue weighted by atomic mass is 32.1. The lowest BCUT2D eigenvalue weighted by Crippen LogP contribution is -2.43. The summed E-state index contributed by atoms with van der Waals surface area (Å²) >= 11 is 1.32. The normalized spacial score (nSPS) is 24.1. The molecule has 2 aromatic rings. The number of likely N-dealkylation sites (tertiary alicyclic amines) is 2. The number of aliphatic carboxylic acids is 1. The van der Waals surface area contributed by atoms with Crippen molar-refractivity contribution in [3.63, 3.8) is 0 Å². The average Bonchev–Trinajstić information content (AvgIpc) is 3.68. The molecule has 2 saturated heterocycles. The molecule has 3 aliphatic heterocycles. The first-order valence-electron chi connectivity index (χ1n) is 14.3. The Labute approximate surface area is 252 Å². The molecule has 0 radical (unpaired) electrons. The summed E-state index contributed by atoms with van der Waals surface area (Å²) in [5.74, 6) is -5.60. The molecule has 9 nitrogen and oxygen atoms in total. The molecule has 0 aliphatic carbocycles. The van der Waals surface area contributed by atoms with Crippen LogP contribution in [0.15, 0.2) is 46.0 Å².